The van der Waals surface area contributed by atoms with E-state index in [0.717, 1.165) is 16.7 Å². The Kier molecular flexibility index (Phi) is 5.20. The first-order chi connectivity index (χ1) is 12.2. The zero-order valence-corrected chi connectivity index (χ0v) is 14.8. The molecule has 0 saturated carbocycles. The van der Waals surface area contributed by atoms with Crippen LogP contribution in [0.25, 0.3) is 17.5 Å². The van der Waals surface area contributed by atoms with E-state index in [1.807, 2.05) is 61.5 Å². The molecule has 0 amide bonds. The van der Waals surface area contributed by atoms with E-state index < -0.39 is 0 Å². The van der Waals surface area contributed by atoms with Gasteiger partial charge in [-0.05, 0) is 42.4 Å². The van der Waals surface area contributed by atoms with Gasteiger partial charge in [0, 0.05) is 0 Å². The van der Waals surface area contributed by atoms with Crippen LogP contribution in [0.5, 0.6) is 5.75 Å². The molecule has 0 fully saturated rings. The lowest BCUT2D eigenvalue weighted by Crippen LogP contribution is -1.97. The molecule has 6 heteroatoms. The second-order valence-electron chi connectivity index (χ2n) is 5.41. The van der Waals surface area contributed by atoms with E-state index in [4.69, 9.17) is 17.0 Å². The predicted octanol–water partition coefficient (Wildman–Crippen LogP) is 4.55. The maximum atomic E-state index is 5.40. The fraction of sp³-hybridized carbons (Fsp3) is 0.105. The molecule has 0 spiro atoms. The summed E-state index contributed by atoms with van der Waals surface area (Å²) < 4.78 is 7.42. The van der Waals surface area contributed by atoms with Gasteiger partial charge in [-0.2, -0.15) is 14.9 Å². The second kappa shape index (κ2) is 7.72. The molecule has 1 heterocycles. The Morgan fingerprint density at radius 3 is 2.64 bits per heavy atom. The van der Waals surface area contributed by atoms with E-state index in [9.17, 15) is 0 Å². The summed E-state index contributed by atoms with van der Waals surface area (Å²) in [6.45, 7) is 1.99. The van der Waals surface area contributed by atoms with Crippen molar-refractivity contribution < 1.29 is 4.74 Å². The minimum atomic E-state index is 0.421. The Balaban J connectivity index is 1.95. The molecule has 5 nitrogen and oxygen atoms in total. The molecule has 2 aromatic carbocycles. The summed E-state index contributed by atoms with van der Waals surface area (Å²) in [6, 6.07) is 17.7. The van der Waals surface area contributed by atoms with Crippen LogP contribution in [0, 0.1) is 4.77 Å². The van der Waals surface area contributed by atoms with Crippen LogP contribution in [0.2, 0.25) is 0 Å². The molecule has 0 unspecified atom stereocenters. The van der Waals surface area contributed by atoms with E-state index in [0.29, 0.717) is 16.3 Å². The molecule has 0 radical (unpaired) electrons. The molecule has 0 aliphatic carbocycles. The largest absolute Gasteiger partial charge is 0.496 e. The smallest absolute Gasteiger partial charge is 0.216 e. The number of para-hydroxylation sites is 1. The van der Waals surface area contributed by atoms with Crippen molar-refractivity contribution >= 4 is 24.5 Å². The number of rotatable bonds is 5. The molecule has 0 aliphatic heterocycles. The van der Waals surface area contributed by atoms with E-state index in [2.05, 4.69) is 21.4 Å². The molecular formula is C19H18N4OS. The number of allylic oxidation sites excluding steroid dienone is 1. The molecule has 25 heavy (non-hydrogen) atoms. The van der Waals surface area contributed by atoms with Crippen molar-refractivity contribution in [2.45, 2.75) is 6.92 Å². The predicted molar refractivity (Wildman–Crippen MR) is 103 cm³/mol. The first-order valence-electron chi connectivity index (χ1n) is 7.77. The minimum Gasteiger partial charge on any atom is -0.496 e. The minimum absolute atomic E-state index is 0.421. The first kappa shape index (κ1) is 16.9. The van der Waals surface area contributed by atoms with Crippen molar-refractivity contribution in [1.82, 2.24) is 14.9 Å². The number of nitrogens with zero attached hydrogens (tertiary/aromatic N) is 3. The molecule has 0 atom stereocenters. The zero-order chi connectivity index (χ0) is 17.6. The standard InChI is InChI=1S/C19H18N4OS/c1-14(12-15-8-4-3-5-9-15)13-20-23-18(21-22-19(23)25)16-10-6-7-11-17(16)24-2/h3-13H,1-2H3,(H,22,25)/b14-12+,20-13+. The molecule has 126 valence electrons. The first-order valence-corrected chi connectivity index (χ1v) is 8.18. The van der Waals surface area contributed by atoms with Crippen LogP contribution >= 0.6 is 12.2 Å². The molecule has 0 aliphatic rings. The Bertz CT molecular complexity index is 970. The highest BCUT2D eigenvalue weighted by atomic mass is 32.1. The lowest BCUT2D eigenvalue weighted by Gasteiger charge is -2.06. The maximum Gasteiger partial charge on any atom is 0.216 e. The monoisotopic (exact) mass is 350 g/mol. The van der Waals surface area contributed by atoms with Gasteiger partial charge in [0.2, 0.25) is 4.77 Å². The number of ether oxygens (including phenoxy) is 1. The highest BCUT2D eigenvalue weighted by Gasteiger charge is 2.12. The number of methoxy groups -OCH3 is 1. The normalized spacial score (nSPS) is 11.8. The van der Waals surface area contributed by atoms with Gasteiger partial charge in [-0.3, -0.25) is 0 Å². The number of hydrogen-bond acceptors (Lipinski definition) is 4. The van der Waals surface area contributed by atoms with Crippen LogP contribution in [0.4, 0.5) is 0 Å². The summed E-state index contributed by atoms with van der Waals surface area (Å²) in [5.41, 5.74) is 2.94. The molecular weight excluding hydrogens is 332 g/mol. The van der Waals surface area contributed by atoms with Gasteiger partial charge in [-0.1, -0.05) is 48.5 Å². The van der Waals surface area contributed by atoms with Crippen molar-refractivity contribution in [1.29, 1.82) is 0 Å². The van der Waals surface area contributed by atoms with Gasteiger partial charge in [0.1, 0.15) is 5.75 Å². The van der Waals surface area contributed by atoms with Gasteiger partial charge in [0.05, 0.1) is 18.9 Å². The van der Waals surface area contributed by atoms with Crippen LogP contribution in [-0.4, -0.2) is 28.2 Å². The molecule has 0 bridgehead atoms. The number of aromatic amines is 1. The lowest BCUT2D eigenvalue weighted by atomic mass is 10.1. The number of aromatic nitrogens is 3. The summed E-state index contributed by atoms with van der Waals surface area (Å²) >= 11 is 5.30. The third-order valence-corrected chi connectivity index (χ3v) is 3.83. The summed E-state index contributed by atoms with van der Waals surface area (Å²) in [7, 11) is 1.63. The fourth-order valence-corrected chi connectivity index (χ4v) is 2.58. The highest BCUT2D eigenvalue weighted by molar-refractivity contribution is 7.71. The Hall–Kier alpha value is -2.99. The summed E-state index contributed by atoms with van der Waals surface area (Å²) in [5.74, 6) is 1.32. The van der Waals surface area contributed by atoms with E-state index in [1.165, 1.54) is 0 Å². The van der Waals surface area contributed by atoms with Gasteiger partial charge in [0.15, 0.2) is 5.82 Å². The van der Waals surface area contributed by atoms with Gasteiger partial charge in [0.25, 0.3) is 0 Å². The number of benzene rings is 2. The summed E-state index contributed by atoms with van der Waals surface area (Å²) in [4.78, 5) is 0. The van der Waals surface area contributed by atoms with Crippen molar-refractivity contribution in [3.05, 3.63) is 70.5 Å². The quantitative estimate of drug-likeness (QED) is 0.542. The zero-order valence-electron chi connectivity index (χ0n) is 14.0. The third kappa shape index (κ3) is 3.92. The molecule has 1 N–H and O–H groups in total. The number of hydrogen-bond donors (Lipinski definition) is 1. The van der Waals surface area contributed by atoms with Crippen LogP contribution in [0.3, 0.4) is 0 Å². The van der Waals surface area contributed by atoms with Gasteiger partial charge in [-0.15, -0.1) is 0 Å². The van der Waals surface area contributed by atoms with Crippen LogP contribution in [-0.2, 0) is 0 Å². The number of H-pyrrole nitrogens is 1. The van der Waals surface area contributed by atoms with Gasteiger partial charge >= 0.3 is 0 Å². The van der Waals surface area contributed by atoms with Crippen molar-refractivity contribution in [2.24, 2.45) is 5.10 Å². The highest BCUT2D eigenvalue weighted by Crippen LogP contribution is 2.28. The average molecular weight is 350 g/mol. The third-order valence-electron chi connectivity index (χ3n) is 3.57. The molecule has 3 aromatic rings. The second-order valence-corrected chi connectivity index (χ2v) is 5.79. The lowest BCUT2D eigenvalue weighted by molar-refractivity contribution is 0.416. The fourth-order valence-electron chi connectivity index (χ4n) is 2.40. The molecule has 0 saturated heterocycles. The van der Waals surface area contributed by atoms with Gasteiger partial charge in [-0.25, -0.2) is 5.10 Å². The molecule has 1 aromatic heterocycles. The van der Waals surface area contributed by atoms with E-state index >= 15 is 0 Å². The SMILES string of the molecule is COc1ccccc1-c1n[nH]c(=S)n1/N=C/C(C)=C/c1ccccc1. The topological polar surface area (TPSA) is 55.2 Å². The average Bonchev–Trinajstić information content (AvgIpc) is 3.01. The van der Waals surface area contributed by atoms with Crippen molar-refractivity contribution in [3.63, 3.8) is 0 Å². The van der Waals surface area contributed by atoms with Crippen LogP contribution < -0.4 is 4.74 Å². The van der Waals surface area contributed by atoms with E-state index in [-0.39, 0.29) is 0 Å². The van der Waals surface area contributed by atoms with Gasteiger partial charge < -0.3 is 4.74 Å². The van der Waals surface area contributed by atoms with Crippen molar-refractivity contribution in [3.8, 4) is 17.1 Å². The summed E-state index contributed by atoms with van der Waals surface area (Å²) in [5, 5.41) is 11.6. The Morgan fingerprint density at radius 1 is 1.16 bits per heavy atom. The maximum absolute atomic E-state index is 5.40. The Labute approximate surface area is 151 Å². The van der Waals surface area contributed by atoms with Crippen LogP contribution in [0.15, 0.2) is 65.3 Å². The summed E-state index contributed by atoms with van der Waals surface area (Å²) in [6.07, 6.45) is 3.81. The number of nitrogens with one attached hydrogen (secondary N) is 1. The van der Waals surface area contributed by atoms with E-state index in [1.54, 1.807) is 18.0 Å². The molecule has 3 rings (SSSR count). The van der Waals surface area contributed by atoms with Crippen molar-refractivity contribution in [2.75, 3.05) is 7.11 Å². The Morgan fingerprint density at radius 2 is 1.88 bits per heavy atom. The van der Waals surface area contributed by atoms with Crippen LogP contribution in [0.1, 0.15) is 12.5 Å².